The van der Waals surface area contributed by atoms with Gasteiger partial charge in [-0.05, 0) is 12.8 Å². The van der Waals surface area contributed by atoms with Crippen LogP contribution in [-0.4, -0.2) is 10.9 Å². The van der Waals surface area contributed by atoms with E-state index in [-0.39, 0.29) is 0 Å². The molecule has 90 valence electrons. The number of rotatable bonds is 3. The van der Waals surface area contributed by atoms with Gasteiger partial charge < -0.3 is 4.42 Å². The number of aryl methyl sites for hydroxylation is 1. The molecular weight excluding hydrogens is 222 g/mol. The van der Waals surface area contributed by atoms with Gasteiger partial charge in [-0.15, -0.1) is 11.6 Å². The smallest absolute Gasteiger partial charge is 0.195 e. The zero-order chi connectivity index (χ0) is 11.2. The lowest BCUT2D eigenvalue weighted by Crippen LogP contribution is -2.01. The van der Waals surface area contributed by atoms with Crippen molar-refractivity contribution in [1.29, 1.82) is 0 Å². The predicted molar refractivity (Wildman–Crippen MR) is 66.0 cm³/mol. The van der Waals surface area contributed by atoms with E-state index in [0.717, 1.165) is 18.1 Å². The number of nitrogens with zero attached hydrogens (tertiary/aromatic N) is 1. The van der Waals surface area contributed by atoms with Crippen LogP contribution >= 0.6 is 11.6 Å². The topological polar surface area (TPSA) is 26.0 Å². The van der Waals surface area contributed by atoms with Gasteiger partial charge in [0.15, 0.2) is 5.89 Å². The second-order valence-corrected chi connectivity index (χ2v) is 5.02. The SMILES string of the molecule is ClCCc1ncc(C2CCCCCCC2)o1. The van der Waals surface area contributed by atoms with E-state index in [4.69, 9.17) is 16.0 Å². The third kappa shape index (κ3) is 3.24. The van der Waals surface area contributed by atoms with Crippen molar-refractivity contribution in [2.24, 2.45) is 0 Å². The molecule has 3 heteroatoms. The van der Waals surface area contributed by atoms with E-state index in [1.165, 1.54) is 44.9 Å². The molecule has 0 aliphatic heterocycles. The largest absolute Gasteiger partial charge is 0.445 e. The molecule has 0 saturated heterocycles. The first-order valence-corrected chi connectivity index (χ1v) is 6.94. The third-order valence-corrected chi connectivity index (χ3v) is 3.58. The van der Waals surface area contributed by atoms with Crippen LogP contribution in [0, 0.1) is 0 Å². The number of halogens is 1. The maximum Gasteiger partial charge on any atom is 0.195 e. The van der Waals surface area contributed by atoms with Crippen molar-refractivity contribution in [2.75, 3.05) is 5.88 Å². The van der Waals surface area contributed by atoms with E-state index in [0.29, 0.717) is 11.8 Å². The molecule has 2 rings (SSSR count). The van der Waals surface area contributed by atoms with Crippen molar-refractivity contribution < 1.29 is 4.42 Å². The van der Waals surface area contributed by atoms with Crippen LogP contribution in [0.2, 0.25) is 0 Å². The van der Waals surface area contributed by atoms with Crippen molar-refractivity contribution in [1.82, 2.24) is 4.98 Å². The first-order chi connectivity index (χ1) is 7.90. The van der Waals surface area contributed by atoms with Gasteiger partial charge in [0.1, 0.15) is 5.76 Å². The van der Waals surface area contributed by atoms with Crippen LogP contribution < -0.4 is 0 Å². The number of alkyl halides is 1. The Morgan fingerprint density at radius 3 is 2.56 bits per heavy atom. The molecule has 1 fully saturated rings. The molecule has 0 atom stereocenters. The summed E-state index contributed by atoms with van der Waals surface area (Å²) < 4.78 is 5.76. The van der Waals surface area contributed by atoms with Crippen LogP contribution in [0.4, 0.5) is 0 Å². The van der Waals surface area contributed by atoms with Gasteiger partial charge in [-0.25, -0.2) is 4.98 Å². The first kappa shape index (κ1) is 12.0. The highest BCUT2D eigenvalue weighted by Crippen LogP contribution is 2.31. The van der Waals surface area contributed by atoms with Gasteiger partial charge >= 0.3 is 0 Å². The molecular formula is C13H20ClNO. The van der Waals surface area contributed by atoms with Crippen LogP contribution in [0.25, 0.3) is 0 Å². The molecule has 1 aliphatic rings. The van der Waals surface area contributed by atoms with Crippen LogP contribution in [0.3, 0.4) is 0 Å². The van der Waals surface area contributed by atoms with Crippen LogP contribution in [0.1, 0.15) is 62.5 Å². The van der Waals surface area contributed by atoms with Gasteiger partial charge in [-0.2, -0.15) is 0 Å². The summed E-state index contributed by atoms with van der Waals surface area (Å²) in [7, 11) is 0. The summed E-state index contributed by atoms with van der Waals surface area (Å²) in [5, 5.41) is 0. The lowest BCUT2D eigenvalue weighted by Gasteiger charge is -2.16. The molecule has 0 bridgehead atoms. The minimum absolute atomic E-state index is 0.588. The average Bonchev–Trinajstić information content (AvgIpc) is 2.66. The highest BCUT2D eigenvalue weighted by molar-refractivity contribution is 6.17. The number of aromatic nitrogens is 1. The summed E-state index contributed by atoms with van der Waals surface area (Å²) in [6.07, 6.45) is 12.0. The van der Waals surface area contributed by atoms with Gasteiger partial charge in [-0.1, -0.05) is 32.1 Å². The molecule has 0 amide bonds. The van der Waals surface area contributed by atoms with Crippen molar-refractivity contribution in [3.8, 4) is 0 Å². The second kappa shape index (κ2) is 6.29. The Morgan fingerprint density at radius 1 is 1.19 bits per heavy atom. The molecule has 1 saturated carbocycles. The van der Waals surface area contributed by atoms with E-state index < -0.39 is 0 Å². The summed E-state index contributed by atoms with van der Waals surface area (Å²) in [4.78, 5) is 4.28. The van der Waals surface area contributed by atoms with Gasteiger partial charge in [0.25, 0.3) is 0 Å². The summed E-state index contributed by atoms with van der Waals surface area (Å²) in [5.41, 5.74) is 0. The number of oxazole rings is 1. The monoisotopic (exact) mass is 241 g/mol. The average molecular weight is 242 g/mol. The summed E-state index contributed by atoms with van der Waals surface area (Å²) in [6.45, 7) is 0. The zero-order valence-corrected chi connectivity index (χ0v) is 10.5. The lowest BCUT2D eigenvalue weighted by atomic mass is 9.90. The van der Waals surface area contributed by atoms with Gasteiger partial charge in [0.2, 0.25) is 0 Å². The fourth-order valence-electron chi connectivity index (χ4n) is 2.45. The Morgan fingerprint density at radius 2 is 1.88 bits per heavy atom. The highest BCUT2D eigenvalue weighted by atomic mass is 35.5. The van der Waals surface area contributed by atoms with Crippen molar-refractivity contribution >= 4 is 11.6 Å². The predicted octanol–water partition coefficient (Wildman–Crippen LogP) is 4.28. The van der Waals surface area contributed by atoms with Crippen molar-refractivity contribution in [3.63, 3.8) is 0 Å². The second-order valence-electron chi connectivity index (χ2n) is 4.64. The molecule has 1 aliphatic carbocycles. The van der Waals surface area contributed by atoms with Gasteiger partial charge in [0, 0.05) is 18.2 Å². The van der Waals surface area contributed by atoms with Crippen LogP contribution in [0.5, 0.6) is 0 Å². The Balaban J connectivity index is 1.97. The van der Waals surface area contributed by atoms with E-state index in [2.05, 4.69) is 4.98 Å². The Labute approximate surface area is 102 Å². The maximum atomic E-state index is 5.76. The first-order valence-electron chi connectivity index (χ1n) is 6.40. The number of hydrogen-bond acceptors (Lipinski definition) is 2. The highest BCUT2D eigenvalue weighted by Gasteiger charge is 2.17. The molecule has 16 heavy (non-hydrogen) atoms. The van der Waals surface area contributed by atoms with Crippen LogP contribution in [0.15, 0.2) is 10.6 Å². The lowest BCUT2D eigenvalue weighted by molar-refractivity contribution is 0.373. The molecule has 1 aromatic heterocycles. The Hall–Kier alpha value is -0.500. The minimum Gasteiger partial charge on any atom is -0.445 e. The fraction of sp³-hybridized carbons (Fsp3) is 0.769. The number of hydrogen-bond donors (Lipinski definition) is 0. The van der Waals surface area contributed by atoms with E-state index in [9.17, 15) is 0 Å². The Kier molecular flexibility index (Phi) is 4.70. The molecule has 0 radical (unpaired) electrons. The van der Waals surface area contributed by atoms with Crippen molar-refractivity contribution in [3.05, 3.63) is 17.8 Å². The molecule has 1 heterocycles. The van der Waals surface area contributed by atoms with E-state index in [1.54, 1.807) is 0 Å². The normalized spacial score (nSPS) is 19.3. The van der Waals surface area contributed by atoms with Crippen molar-refractivity contribution in [2.45, 2.75) is 57.3 Å². The van der Waals surface area contributed by atoms with Gasteiger partial charge in [-0.3, -0.25) is 0 Å². The summed E-state index contributed by atoms with van der Waals surface area (Å²) >= 11 is 5.68. The van der Waals surface area contributed by atoms with Gasteiger partial charge in [0.05, 0.1) is 6.20 Å². The molecule has 0 N–H and O–H groups in total. The Bertz CT molecular complexity index is 303. The zero-order valence-electron chi connectivity index (χ0n) is 9.75. The standard InChI is InChI=1S/C13H20ClNO/c14-9-8-13-15-10-12(16-13)11-6-4-2-1-3-5-7-11/h10-11H,1-9H2. The van der Waals surface area contributed by atoms with Crippen LogP contribution in [-0.2, 0) is 6.42 Å². The molecule has 0 spiro atoms. The maximum absolute atomic E-state index is 5.76. The molecule has 2 nitrogen and oxygen atoms in total. The van der Waals surface area contributed by atoms with E-state index >= 15 is 0 Å². The fourth-order valence-corrected chi connectivity index (χ4v) is 2.61. The van der Waals surface area contributed by atoms with E-state index in [1.807, 2.05) is 6.20 Å². The molecule has 0 aromatic carbocycles. The quantitative estimate of drug-likeness (QED) is 0.738. The molecule has 0 unspecified atom stereocenters. The summed E-state index contributed by atoms with van der Waals surface area (Å²) in [6, 6.07) is 0. The summed E-state index contributed by atoms with van der Waals surface area (Å²) in [5.74, 6) is 3.07. The molecule has 1 aromatic rings. The third-order valence-electron chi connectivity index (χ3n) is 3.39. The minimum atomic E-state index is 0.588.